The molecule has 5 rings (SSSR count). The Labute approximate surface area is 198 Å². The Balaban J connectivity index is 1.65. The number of aryl methyl sites for hydroxylation is 4. The first kappa shape index (κ1) is 10.4. The topological polar surface area (TPSA) is 78.6 Å². The molecule has 0 amide bonds. The summed E-state index contributed by atoms with van der Waals surface area (Å²) in [6.45, 7) is -10.3. The fourth-order valence-corrected chi connectivity index (χ4v) is 3.74. The summed E-state index contributed by atoms with van der Waals surface area (Å²) in [5.41, 5.74) is -0.386. The highest BCUT2D eigenvalue weighted by Gasteiger charge is 2.29. The molecule has 0 unspecified atom stereocenters. The van der Waals surface area contributed by atoms with E-state index in [9.17, 15) is 0 Å². The molecule has 1 aliphatic heterocycles. The number of fused-ring (bicyclic) bond motifs is 1. The summed E-state index contributed by atoms with van der Waals surface area (Å²) in [4.78, 5) is 17.7. The van der Waals surface area contributed by atoms with E-state index >= 15 is 0 Å². The van der Waals surface area contributed by atoms with Gasteiger partial charge in [-0.2, -0.15) is 5.10 Å². The summed E-state index contributed by atoms with van der Waals surface area (Å²) in [6, 6.07) is 5.82. The summed E-state index contributed by atoms with van der Waals surface area (Å²) in [5.74, 6) is -0.0775. The molecule has 7 nitrogen and oxygen atoms in total. The van der Waals surface area contributed by atoms with Crippen LogP contribution in [0.3, 0.4) is 0 Å². The highest BCUT2D eigenvalue weighted by molar-refractivity contribution is 5.87. The lowest BCUT2D eigenvalue weighted by Gasteiger charge is -2.28. The van der Waals surface area contributed by atoms with Crippen molar-refractivity contribution in [2.45, 2.75) is 45.4 Å². The van der Waals surface area contributed by atoms with E-state index < -0.39 is 45.0 Å². The minimum Gasteiger partial charge on any atom is -0.373 e. The number of hydrogen-bond acceptors (Lipinski definition) is 6. The lowest BCUT2D eigenvalue weighted by Crippen LogP contribution is -2.20. The number of nitrogens with zero attached hydrogens (tertiary/aromatic N) is 6. The smallest absolute Gasteiger partial charge is 0.182 e. The van der Waals surface area contributed by atoms with Gasteiger partial charge in [-0.1, -0.05) is 29.8 Å². The quantitative estimate of drug-likeness (QED) is 0.484. The molecule has 1 saturated heterocycles. The van der Waals surface area contributed by atoms with Crippen molar-refractivity contribution in [2.75, 3.05) is 6.61 Å². The molecule has 1 aliphatic rings. The van der Waals surface area contributed by atoms with Crippen molar-refractivity contribution in [1.82, 2.24) is 29.7 Å². The van der Waals surface area contributed by atoms with E-state index in [1.807, 2.05) is 0 Å². The molecule has 7 heteroatoms. The molecule has 0 spiro atoms. The predicted octanol–water partition coefficient (Wildman–Crippen LogP) is 4.38. The second kappa shape index (κ2) is 7.81. The van der Waals surface area contributed by atoms with Crippen LogP contribution in [0.25, 0.3) is 22.4 Å². The molecule has 0 aliphatic carbocycles. The van der Waals surface area contributed by atoms with E-state index in [2.05, 4.69) is 20.1 Å². The minimum atomic E-state index is -2.90. The number of benzene rings is 1. The third-order valence-electron chi connectivity index (χ3n) is 5.33. The first-order valence-corrected chi connectivity index (χ1v) is 9.70. The van der Waals surface area contributed by atoms with E-state index in [0.29, 0.717) is 24.0 Å². The van der Waals surface area contributed by atoms with Crippen LogP contribution in [0.15, 0.2) is 36.7 Å². The van der Waals surface area contributed by atoms with Crippen molar-refractivity contribution >= 4 is 11.2 Å². The van der Waals surface area contributed by atoms with Crippen LogP contribution >= 0.6 is 0 Å². The van der Waals surface area contributed by atoms with Gasteiger partial charge in [-0.25, -0.2) is 19.9 Å². The van der Waals surface area contributed by atoms with Gasteiger partial charge in [0.15, 0.2) is 5.65 Å². The molecule has 1 fully saturated rings. The molecule has 2 atom stereocenters. The zero-order valence-electron chi connectivity index (χ0n) is 28.3. The molecule has 4 aromatic rings. The molecule has 0 saturated carbocycles. The van der Waals surface area contributed by atoms with E-state index in [-0.39, 0.29) is 40.8 Å². The molecule has 0 bridgehead atoms. The van der Waals surface area contributed by atoms with Crippen LogP contribution in [-0.4, -0.2) is 36.3 Å². The first-order valence-electron chi connectivity index (χ1n) is 15.7. The largest absolute Gasteiger partial charge is 0.373 e. The van der Waals surface area contributed by atoms with Gasteiger partial charge in [0.05, 0.1) is 23.7 Å². The van der Waals surface area contributed by atoms with Crippen molar-refractivity contribution in [2.24, 2.45) is 6.98 Å². The zero-order chi connectivity index (χ0) is 31.5. The van der Waals surface area contributed by atoms with Gasteiger partial charge in [0, 0.05) is 53.3 Å². The Kier molecular flexibility index (Phi) is 2.62. The second-order valence-corrected chi connectivity index (χ2v) is 7.40. The first-order chi connectivity index (χ1) is 19.8. The van der Waals surface area contributed by atoms with Crippen LogP contribution in [0.1, 0.15) is 69.7 Å². The highest BCUT2D eigenvalue weighted by Crippen LogP contribution is 2.37. The normalized spacial score (nSPS) is 26.5. The standard InChI is InChI=1S/C24H26N6O/c1-14-5-7-17(8-6-14)21-22-24(27-16(3)15(2)26-22)29-23(28-21)18-9-10-31-20(11-18)19-12-25-30(4)13-19/h5-8,12-13,18,20H,9-11H2,1-4H3/t18-,20+/m1/s1/i1D3,2D3,3D3,4D3. The van der Waals surface area contributed by atoms with Crippen molar-refractivity contribution in [3.63, 3.8) is 0 Å². The van der Waals surface area contributed by atoms with Crippen molar-refractivity contribution < 1.29 is 21.2 Å². The van der Waals surface area contributed by atoms with Crippen LogP contribution in [0.5, 0.6) is 0 Å². The maximum Gasteiger partial charge on any atom is 0.182 e. The average Bonchev–Trinajstić information content (AvgIpc) is 3.42. The maximum atomic E-state index is 7.91. The number of ether oxygens (including phenoxy) is 1. The van der Waals surface area contributed by atoms with Crippen molar-refractivity contribution in [1.29, 1.82) is 0 Å². The van der Waals surface area contributed by atoms with Gasteiger partial charge >= 0.3 is 0 Å². The highest BCUT2D eigenvalue weighted by atomic mass is 16.5. The van der Waals surface area contributed by atoms with Crippen molar-refractivity contribution in [3.8, 4) is 11.3 Å². The summed E-state index contributed by atoms with van der Waals surface area (Å²) in [6.07, 6.45) is 3.09. The third kappa shape index (κ3) is 3.81. The second-order valence-electron chi connectivity index (χ2n) is 7.40. The van der Waals surface area contributed by atoms with Gasteiger partial charge in [0.1, 0.15) is 17.0 Å². The third-order valence-corrected chi connectivity index (χ3v) is 5.33. The Morgan fingerprint density at radius 2 is 1.90 bits per heavy atom. The Morgan fingerprint density at radius 3 is 2.68 bits per heavy atom. The molecular formula is C24H26N6O. The van der Waals surface area contributed by atoms with Gasteiger partial charge in [-0.15, -0.1) is 0 Å². The number of rotatable bonds is 3. The summed E-state index contributed by atoms with van der Waals surface area (Å²) in [5, 5.41) is 3.93. The molecule has 1 aromatic carbocycles. The molecule has 0 N–H and O–H groups in total. The lowest BCUT2D eigenvalue weighted by atomic mass is 9.92. The molecular weight excluding hydrogens is 388 g/mol. The van der Waals surface area contributed by atoms with Crippen LogP contribution in [0.4, 0.5) is 0 Å². The van der Waals surface area contributed by atoms with E-state index in [1.54, 1.807) is 0 Å². The fraction of sp³-hybridized carbons (Fsp3) is 0.375. The zero-order valence-corrected chi connectivity index (χ0v) is 16.3. The van der Waals surface area contributed by atoms with Crippen LogP contribution in [-0.2, 0) is 11.7 Å². The maximum absolute atomic E-state index is 7.91. The van der Waals surface area contributed by atoms with Gasteiger partial charge in [0.25, 0.3) is 0 Å². The minimum absolute atomic E-state index is 0.0490. The Bertz CT molecular complexity index is 1640. The molecule has 158 valence electrons. The number of aromatic nitrogens is 6. The van der Waals surface area contributed by atoms with Crippen LogP contribution in [0, 0.1) is 20.6 Å². The molecule has 31 heavy (non-hydrogen) atoms. The summed E-state index contributed by atoms with van der Waals surface area (Å²) >= 11 is 0. The van der Waals surface area contributed by atoms with Gasteiger partial charge in [0.2, 0.25) is 0 Å². The van der Waals surface area contributed by atoms with E-state index in [0.717, 1.165) is 4.68 Å². The lowest BCUT2D eigenvalue weighted by molar-refractivity contribution is 0.00398. The van der Waals surface area contributed by atoms with Crippen LogP contribution < -0.4 is 0 Å². The molecule has 0 radical (unpaired) electrons. The fourth-order valence-electron chi connectivity index (χ4n) is 3.74. The van der Waals surface area contributed by atoms with Gasteiger partial charge in [-0.3, -0.25) is 4.68 Å². The monoisotopic (exact) mass is 426 g/mol. The Hall–Kier alpha value is -3.19. The van der Waals surface area contributed by atoms with Gasteiger partial charge in [-0.05, 0) is 33.4 Å². The average molecular weight is 427 g/mol. The summed E-state index contributed by atoms with van der Waals surface area (Å²) < 4.78 is 99.9. The number of hydrogen-bond donors (Lipinski definition) is 0. The predicted molar refractivity (Wildman–Crippen MR) is 119 cm³/mol. The van der Waals surface area contributed by atoms with E-state index in [1.165, 1.54) is 36.7 Å². The molecule has 4 heterocycles. The van der Waals surface area contributed by atoms with E-state index in [4.69, 9.17) is 26.2 Å². The van der Waals surface area contributed by atoms with Crippen molar-refractivity contribution in [3.05, 3.63) is 65.0 Å². The van der Waals surface area contributed by atoms with Gasteiger partial charge < -0.3 is 4.74 Å². The molecule has 3 aromatic heterocycles. The van der Waals surface area contributed by atoms with Crippen LogP contribution in [0.2, 0.25) is 0 Å². The SMILES string of the molecule is [2H]C([2H])([2H])c1ccc(-c2nc([C@@H]3CCO[C@H](c4cnn(C([2H])([2H])[2H])c4)C3)nc3nc(C([2H])([2H])[2H])c(C([2H])([2H])[2H])nc23)cc1. The summed E-state index contributed by atoms with van der Waals surface area (Å²) in [7, 11) is 0. The Morgan fingerprint density at radius 1 is 1.03 bits per heavy atom.